The van der Waals surface area contributed by atoms with Crippen LogP contribution in [0.2, 0.25) is 10.0 Å². The SMILES string of the molecule is CC(C)N(Cc1ccc(Cl)c(Cl)c1)C(=O)CCCCCl. The lowest BCUT2D eigenvalue weighted by atomic mass is 10.1. The molecule has 2 nitrogen and oxygen atoms in total. The molecule has 0 N–H and O–H groups in total. The Labute approximate surface area is 136 Å². The third-order valence-electron chi connectivity index (χ3n) is 3.05. The number of hydrogen-bond donors (Lipinski definition) is 0. The van der Waals surface area contributed by atoms with Crippen molar-refractivity contribution in [2.45, 2.75) is 45.7 Å². The predicted molar refractivity (Wildman–Crippen MR) is 86.7 cm³/mol. The van der Waals surface area contributed by atoms with Crippen molar-refractivity contribution in [1.29, 1.82) is 0 Å². The van der Waals surface area contributed by atoms with E-state index in [1.165, 1.54) is 0 Å². The van der Waals surface area contributed by atoms with Gasteiger partial charge in [0.25, 0.3) is 0 Å². The minimum Gasteiger partial charge on any atom is -0.336 e. The fraction of sp³-hybridized carbons (Fsp3) is 0.533. The third-order valence-corrected chi connectivity index (χ3v) is 4.06. The number of benzene rings is 1. The smallest absolute Gasteiger partial charge is 0.223 e. The fourth-order valence-corrected chi connectivity index (χ4v) is 2.42. The lowest BCUT2D eigenvalue weighted by Gasteiger charge is -2.27. The highest BCUT2D eigenvalue weighted by molar-refractivity contribution is 6.42. The Morgan fingerprint density at radius 1 is 1.20 bits per heavy atom. The van der Waals surface area contributed by atoms with Gasteiger partial charge in [-0.1, -0.05) is 29.3 Å². The Morgan fingerprint density at radius 2 is 1.90 bits per heavy atom. The standard InChI is InChI=1S/C15H20Cl3NO/c1-11(2)19(15(20)5-3-4-8-16)10-12-6-7-13(17)14(18)9-12/h6-7,9,11H,3-5,8,10H2,1-2H3. The molecule has 0 unspecified atom stereocenters. The molecule has 0 radical (unpaired) electrons. The average Bonchev–Trinajstić information content (AvgIpc) is 2.39. The zero-order valence-corrected chi connectivity index (χ0v) is 14.1. The first-order valence-electron chi connectivity index (χ1n) is 6.75. The van der Waals surface area contributed by atoms with Crippen LogP contribution in [0, 0.1) is 0 Å². The van der Waals surface area contributed by atoms with Gasteiger partial charge >= 0.3 is 0 Å². The Bertz CT molecular complexity index is 449. The van der Waals surface area contributed by atoms with Crippen LogP contribution in [-0.4, -0.2) is 22.7 Å². The maximum atomic E-state index is 12.2. The van der Waals surface area contributed by atoms with Crippen LogP contribution in [0.1, 0.15) is 38.7 Å². The van der Waals surface area contributed by atoms with Crippen molar-refractivity contribution in [2.24, 2.45) is 0 Å². The molecule has 0 saturated carbocycles. The van der Waals surface area contributed by atoms with Crippen LogP contribution in [0.25, 0.3) is 0 Å². The molecule has 1 amide bonds. The van der Waals surface area contributed by atoms with Crippen LogP contribution in [-0.2, 0) is 11.3 Å². The lowest BCUT2D eigenvalue weighted by molar-refractivity contribution is -0.133. The number of alkyl halides is 1. The van der Waals surface area contributed by atoms with Crippen molar-refractivity contribution in [3.63, 3.8) is 0 Å². The molecule has 0 aliphatic carbocycles. The van der Waals surface area contributed by atoms with E-state index in [1.807, 2.05) is 30.9 Å². The molecule has 5 heteroatoms. The van der Waals surface area contributed by atoms with Crippen molar-refractivity contribution in [3.05, 3.63) is 33.8 Å². The molecular weight excluding hydrogens is 317 g/mol. The second kappa shape index (κ2) is 8.76. The van der Waals surface area contributed by atoms with Crippen molar-refractivity contribution in [2.75, 3.05) is 5.88 Å². The van der Waals surface area contributed by atoms with Gasteiger partial charge in [-0.05, 0) is 44.4 Å². The van der Waals surface area contributed by atoms with Crippen molar-refractivity contribution >= 4 is 40.7 Å². The van der Waals surface area contributed by atoms with Crippen molar-refractivity contribution < 1.29 is 4.79 Å². The fourth-order valence-electron chi connectivity index (χ4n) is 1.91. The number of unbranched alkanes of at least 4 members (excludes halogenated alkanes) is 1. The van der Waals surface area contributed by atoms with E-state index >= 15 is 0 Å². The van der Waals surface area contributed by atoms with Crippen LogP contribution < -0.4 is 0 Å². The minimum absolute atomic E-state index is 0.146. The van der Waals surface area contributed by atoms with Gasteiger partial charge in [-0.25, -0.2) is 0 Å². The summed E-state index contributed by atoms with van der Waals surface area (Å²) in [5.41, 5.74) is 0.985. The molecule has 0 bridgehead atoms. The van der Waals surface area contributed by atoms with E-state index < -0.39 is 0 Å². The van der Waals surface area contributed by atoms with Gasteiger partial charge in [0.1, 0.15) is 0 Å². The molecule has 0 heterocycles. The molecule has 0 spiro atoms. The number of nitrogens with zero attached hydrogens (tertiary/aromatic N) is 1. The van der Waals surface area contributed by atoms with E-state index in [1.54, 1.807) is 6.07 Å². The van der Waals surface area contributed by atoms with Gasteiger partial charge in [0.2, 0.25) is 5.91 Å². The highest BCUT2D eigenvalue weighted by Gasteiger charge is 2.17. The van der Waals surface area contributed by atoms with Crippen molar-refractivity contribution in [1.82, 2.24) is 4.90 Å². The summed E-state index contributed by atoms with van der Waals surface area (Å²) in [6.45, 7) is 4.57. The predicted octanol–water partition coefficient (Wildman–Crippen LogP) is 5.14. The highest BCUT2D eigenvalue weighted by Crippen LogP contribution is 2.24. The van der Waals surface area contributed by atoms with Crippen LogP contribution in [0.3, 0.4) is 0 Å². The first-order valence-corrected chi connectivity index (χ1v) is 8.04. The summed E-state index contributed by atoms with van der Waals surface area (Å²) in [7, 11) is 0. The Hall–Kier alpha value is -0.440. The molecule has 20 heavy (non-hydrogen) atoms. The lowest BCUT2D eigenvalue weighted by Crippen LogP contribution is -2.36. The second-order valence-electron chi connectivity index (χ2n) is 5.01. The number of halogens is 3. The monoisotopic (exact) mass is 335 g/mol. The van der Waals surface area contributed by atoms with E-state index in [0.29, 0.717) is 28.9 Å². The summed E-state index contributed by atoms with van der Waals surface area (Å²) in [4.78, 5) is 14.1. The quantitative estimate of drug-likeness (QED) is 0.498. The van der Waals surface area contributed by atoms with E-state index in [9.17, 15) is 4.79 Å². The molecule has 0 atom stereocenters. The van der Waals surface area contributed by atoms with Crippen LogP contribution >= 0.6 is 34.8 Å². The van der Waals surface area contributed by atoms with Gasteiger partial charge in [0, 0.05) is 24.9 Å². The molecule has 0 aliphatic heterocycles. The second-order valence-corrected chi connectivity index (χ2v) is 6.20. The largest absolute Gasteiger partial charge is 0.336 e. The normalized spacial score (nSPS) is 10.9. The van der Waals surface area contributed by atoms with Crippen LogP contribution in [0.15, 0.2) is 18.2 Å². The first-order chi connectivity index (χ1) is 9.45. The summed E-state index contributed by atoms with van der Waals surface area (Å²) >= 11 is 17.5. The van der Waals surface area contributed by atoms with Gasteiger partial charge in [0.05, 0.1) is 10.0 Å². The van der Waals surface area contributed by atoms with Crippen molar-refractivity contribution in [3.8, 4) is 0 Å². The Balaban J connectivity index is 2.71. The maximum Gasteiger partial charge on any atom is 0.223 e. The van der Waals surface area contributed by atoms with E-state index in [0.717, 1.165) is 18.4 Å². The maximum absolute atomic E-state index is 12.2. The molecule has 112 valence electrons. The average molecular weight is 337 g/mol. The van der Waals surface area contributed by atoms with Gasteiger partial charge in [-0.2, -0.15) is 0 Å². The molecule has 0 aliphatic rings. The van der Waals surface area contributed by atoms with Crippen LogP contribution in [0.5, 0.6) is 0 Å². The highest BCUT2D eigenvalue weighted by atomic mass is 35.5. The zero-order chi connectivity index (χ0) is 15.1. The molecule has 0 fully saturated rings. The molecule has 1 aromatic carbocycles. The Morgan fingerprint density at radius 3 is 2.45 bits per heavy atom. The number of carbonyl (C=O) groups is 1. The zero-order valence-electron chi connectivity index (χ0n) is 11.8. The minimum atomic E-state index is 0.146. The first kappa shape index (κ1) is 17.6. The van der Waals surface area contributed by atoms with Crippen LogP contribution in [0.4, 0.5) is 0 Å². The Kier molecular flexibility index (Phi) is 7.71. The molecule has 0 saturated heterocycles. The molecule has 1 aromatic rings. The van der Waals surface area contributed by atoms with Gasteiger partial charge in [0.15, 0.2) is 0 Å². The molecular formula is C15H20Cl3NO. The number of hydrogen-bond acceptors (Lipinski definition) is 1. The summed E-state index contributed by atoms with van der Waals surface area (Å²) in [6, 6.07) is 5.62. The topological polar surface area (TPSA) is 20.3 Å². The van der Waals surface area contributed by atoms with E-state index in [-0.39, 0.29) is 11.9 Å². The van der Waals surface area contributed by atoms with Gasteiger partial charge < -0.3 is 4.90 Å². The number of amides is 1. The summed E-state index contributed by atoms with van der Waals surface area (Å²) in [5.74, 6) is 0.748. The van der Waals surface area contributed by atoms with Gasteiger partial charge in [-0.3, -0.25) is 4.79 Å². The van der Waals surface area contributed by atoms with E-state index in [2.05, 4.69) is 0 Å². The molecule has 1 rings (SSSR count). The van der Waals surface area contributed by atoms with E-state index in [4.69, 9.17) is 34.8 Å². The summed E-state index contributed by atoms with van der Waals surface area (Å²) < 4.78 is 0. The summed E-state index contributed by atoms with van der Waals surface area (Å²) in [5, 5.41) is 1.04. The third kappa shape index (κ3) is 5.51. The number of carbonyl (C=O) groups excluding carboxylic acids is 1. The van der Waals surface area contributed by atoms with Gasteiger partial charge in [-0.15, -0.1) is 11.6 Å². The number of rotatable bonds is 7. The summed E-state index contributed by atoms with van der Waals surface area (Å²) in [6.07, 6.45) is 2.23. The molecule has 0 aromatic heterocycles.